The Morgan fingerprint density at radius 3 is 2.63 bits per heavy atom. The molecule has 0 saturated carbocycles. The van der Waals surface area contributed by atoms with Crippen molar-refractivity contribution in [3.05, 3.63) is 59.5 Å². The molecule has 9 heteroatoms. The van der Waals surface area contributed by atoms with E-state index >= 15 is 0 Å². The van der Waals surface area contributed by atoms with Crippen LogP contribution in [0.5, 0.6) is 0 Å². The Kier molecular flexibility index (Phi) is 5.15. The molecule has 8 nitrogen and oxygen atoms in total. The summed E-state index contributed by atoms with van der Waals surface area (Å²) < 4.78 is 19.3. The van der Waals surface area contributed by atoms with Gasteiger partial charge in [-0.3, -0.25) is 4.79 Å². The number of rotatable bonds is 4. The highest BCUT2D eigenvalue weighted by atomic mass is 19.1. The van der Waals surface area contributed by atoms with E-state index in [-0.39, 0.29) is 23.4 Å². The van der Waals surface area contributed by atoms with E-state index in [0.29, 0.717) is 23.7 Å². The van der Waals surface area contributed by atoms with Gasteiger partial charge in [0.25, 0.3) is 5.91 Å². The van der Waals surface area contributed by atoms with Crippen LogP contribution in [0.15, 0.2) is 41.2 Å². The van der Waals surface area contributed by atoms with E-state index in [1.54, 1.807) is 24.8 Å². The molecule has 0 radical (unpaired) electrons. The summed E-state index contributed by atoms with van der Waals surface area (Å²) >= 11 is 0. The summed E-state index contributed by atoms with van der Waals surface area (Å²) in [5, 5.41) is 22.4. The number of hydrogen-bond acceptors (Lipinski definition) is 6. The molecular formula is C21H24FN5O3. The fraction of sp³-hybridized carbons (Fsp3) is 0.429. The number of nitrogens with zero attached hydrogens (tertiary/aromatic N) is 5. The van der Waals surface area contributed by atoms with Crippen molar-refractivity contribution in [2.24, 2.45) is 0 Å². The van der Waals surface area contributed by atoms with Crippen molar-refractivity contribution in [3.8, 4) is 5.69 Å². The molecule has 1 saturated heterocycles. The number of aromatic nitrogens is 4. The third-order valence-corrected chi connectivity index (χ3v) is 5.52. The van der Waals surface area contributed by atoms with E-state index < -0.39 is 11.4 Å². The summed E-state index contributed by atoms with van der Waals surface area (Å²) in [7, 11) is 0. The van der Waals surface area contributed by atoms with Crippen molar-refractivity contribution in [1.29, 1.82) is 0 Å². The quantitative estimate of drug-likeness (QED) is 0.706. The zero-order valence-corrected chi connectivity index (χ0v) is 17.1. The number of carbonyl (C=O) groups is 1. The number of likely N-dealkylation sites (tertiary alicyclic amines) is 1. The molecule has 1 aliphatic rings. The average molecular weight is 413 g/mol. The van der Waals surface area contributed by atoms with Gasteiger partial charge in [0.15, 0.2) is 5.76 Å². The lowest BCUT2D eigenvalue weighted by Gasteiger charge is -2.37. The summed E-state index contributed by atoms with van der Waals surface area (Å²) in [6, 6.07) is 5.73. The molecule has 1 aliphatic heterocycles. The van der Waals surface area contributed by atoms with E-state index in [1.165, 1.54) is 35.4 Å². The first-order chi connectivity index (χ1) is 14.2. The second-order valence-electron chi connectivity index (χ2n) is 8.24. The molecule has 3 heterocycles. The zero-order chi connectivity index (χ0) is 21.5. The van der Waals surface area contributed by atoms with E-state index in [0.717, 1.165) is 12.8 Å². The summed E-state index contributed by atoms with van der Waals surface area (Å²) in [6.07, 6.45) is 4.61. The Bertz CT molecular complexity index is 1040. The minimum absolute atomic E-state index is 0.0175. The van der Waals surface area contributed by atoms with Crippen molar-refractivity contribution in [1.82, 2.24) is 25.1 Å². The lowest BCUT2D eigenvalue weighted by molar-refractivity contribution is 0.0474. The molecule has 4 rings (SSSR count). The number of piperidine rings is 1. The average Bonchev–Trinajstić information content (AvgIpc) is 3.39. The lowest BCUT2D eigenvalue weighted by Crippen LogP contribution is -2.45. The molecule has 1 aromatic carbocycles. The molecule has 30 heavy (non-hydrogen) atoms. The predicted molar refractivity (Wildman–Crippen MR) is 106 cm³/mol. The molecule has 3 aromatic rings. The third kappa shape index (κ3) is 3.85. The van der Waals surface area contributed by atoms with Crippen LogP contribution in [-0.4, -0.2) is 48.7 Å². The van der Waals surface area contributed by atoms with Crippen LogP contribution >= 0.6 is 0 Å². The van der Waals surface area contributed by atoms with E-state index in [2.05, 4.69) is 15.4 Å². The minimum atomic E-state index is -1.13. The van der Waals surface area contributed by atoms with Crippen LogP contribution < -0.4 is 0 Å². The van der Waals surface area contributed by atoms with Crippen molar-refractivity contribution in [3.63, 3.8) is 0 Å². The standard InChI is InChI=1S/C21H24FN5O3/c1-13-4-5-14(17-11-19(30-25-17)21(2,3)29)12-26(13)20(28)16-10-15(22)6-7-18(16)27-23-8-9-24-27/h6-11,13-14,29H,4-5,12H2,1-3H3/t13-,14-/m1/s1. The summed E-state index contributed by atoms with van der Waals surface area (Å²) in [6.45, 7) is 5.65. The number of benzene rings is 1. The number of halogens is 1. The van der Waals surface area contributed by atoms with E-state index in [4.69, 9.17) is 4.52 Å². The monoisotopic (exact) mass is 413 g/mol. The minimum Gasteiger partial charge on any atom is -0.382 e. The smallest absolute Gasteiger partial charge is 0.256 e. The fourth-order valence-corrected chi connectivity index (χ4v) is 3.75. The Morgan fingerprint density at radius 2 is 1.97 bits per heavy atom. The number of aliphatic hydroxyl groups is 1. The molecule has 0 aliphatic carbocycles. The highest BCUT2D eigenvalue weighted by Gasteiger charge is 2.34. The first-order valence-corrected chi connectivity index (χ1v) is 9.90. The van der Waals surface area contributed by atoms with Crippen LogP contribution in [0.3, 0.4) is 0 Å². The van der Waals surface area contributed by atoms with E-state index in [9.17, 15) is 14.3 Å². The Hall–Kier alpha value is -3.07. The molecule has 2 atom stereocenters. The van der Waals surface area contributed by atoms with Crippen molar-refractivity contribution in [2.75, 3.05) is 6.54 Å². The van der Waals surface area contributed by atoms with Crippen LogP contribution in [0.25, 0.3) is 5.69 Å². The third-order valence-electron chi connectivity index (χ3n) is 5.52. The zero-order valence-electron chi connectivity index (χ0n) is 17.1. The van der Waals surface area contributed by atoms with Crippen LogP contribution in [0.4, 0.5) is 4.39 Å². The molecule has 0 unspecified atom stereocenters. The normalized spacial score (nSPS) is 19.8. The SMILES string of the molecule is C[C@@H]1CC[C@@H](c2cc(C(C)(C)O)on2)CN1C(=O)c1cc(F)ccc1-n1nccn1. The van der Waals surface area contributed by atoms with Gasteiger partial charge in [0.2, 0.25) is 0 Å². The summed E-state index contributed by atoms with van der Waals surface area (Å²) in [5.41, 5.74) is 0.197. The van der Waals surface area contributed by atoms with Gasteiger partial charge in [-0.2, -0.15) is 15.0 Å². The van der Waals surface area contributed by atoms with Gasteiger partial charge in [-0.15, -0.1) is 0 Å². The van der Waals surface area contributed by atoms with Gasteiger partial charge in [0.1, 0.15) is 11.4 Å². The molecule has 1 fully saturated rings. The highest BCUT2D eigenvalue weighted by molar-refractivity contribution is 5.98. The largest absolute Gasteiger partial charge is 0.382 e. The number of carbonyl (C=O) groups excluding carboxylic acids is 1. The predicted octanol–water partition coefficient (Wildman–Crippen LogP) is 3.03. The van der Waals surface area contributed by atoms with Gasteiger partial charge >= 0.3 is 0 Å². The van der Waals surface area contributed by atoms with Crippen LogP contribution in [0.1, 0.15) is 61.3 Å². The molecule has 2 aromatic heterocycles. The Balaban J connectivity index is 1.63. The van der Waals surface area contributed by atoms with Gasteiger partial charge < -0.3 is 14.5 Å². The maximum Gasteiger partial charge on any atom is 0.256 e. The molecule has 1 N–H and O–H groups in total. The summed E-state index contributed by atoms with van der Waals surface area (Å²) in [5.74, 6) is -0.442. The molecule has 0 bridgehead atoms. The Labute approximate surface area is 173 Å². The molecule has 0 spiro atoms. The van der Waals surface area contributed by atoms with Crippen LogP contribution in [0.2, 0.25) is 0 Å². The molecule has 158 valence electrons. The second-order valence-corrected chi connectivity index (χ2v) is 8.24. The van der Waals surface area contributed by atoms with Gasteiger partial charge in [-0.1, -0.05) is 5.16 Å². The van der Waals surface area contributed by atoms with Gasteiger partial charge in [-0.25, -0.2) is 4.39 Å². The Morgan fingerprint density at radius 1 is 1.23 bits per heavy atom. The highest BCUT2D eigenvalue weighted by Crippen LogP contribution is 2.33. The van der Waals surface area contributed by atoms with Gasteiger partial charge in [0.05, 0.1) is 29.3 Å². The fourth-order valence-electron chi connectivity index (χ4n) is 3.75. The maximum absolute atomic E-state index is 14.0. The molecular weight excluding hydrogens is 389 g/mol. The van der Waals surface area contributed by atoms with Crippen LogP contribution in [-0.2, 0) is 5.60 Å². The lowest BCUT2D eigenvalue weighted by atomic mass is 9.89. The first-order valence-electron chi connectivity index (χ1n) is 9.90. The number of amides is 1. The van der Waals surface area contributed by atoms with Gasteiger partial charge in [-0.05, 0) is 51.8 Å². The van der Waals surface area contributed by atoms with Crippen molar-refractivity contribution in [2.45, 2.75) is 51.2 Å². The van der Waals surface area contributed by atoms with E-state index in [1.807, 2.05) is 6.92 Å². The first kappa shape index (κ1) is 20.2. The molecule has 1 amide bonds. The second kappa shape index (κ2) is 7.64. The maximum atomic E-state index is 14.0. The topological polar surface area (TPSA) is 97.3 Å². The van der Waals surface area contributed by atoms with Crippen molar-refractivity contribution >= 4 is 5.91 Å². The number of hydrogen-bond donors (Lipinski definition) is 1. The van der Waals surface area contributed by atoms with Crippen LogP contribution in [0, 0.1) is 5.82 Å². The summed E-state index contributed by atoms with van der Waals surface area (Å²) in [4.78, 5) is 16.5. The van der Waals surface area contributed by atoms with Crippen molar-refractivity contribution < 1.29 is 18.8 Å². The van der Waals surface area contributed by atoms with Gasteiger partial charge in [0, 0.05) is 24.6 Å².